The number of carbonyl (C=O) groups excluding carboxylic acids is 1. The fraction of sp³-hybridized carbons (Fsp3) is 0.462. The summed E-state index contributed by atoms with van der Waals surface area (Å²) in [5.41, 5.74) is 2.37. The first kappa shape index (κ1) is 12.5. The van der Waals surface area contributed by atoms with Gasteiger partial charge in [0.1, 0.15) is 0 Å². The number of rotatable bonds is 3. The minimum Gasteiger partial charge on any atom is -0.468 e. The number of thioether (sulfide) groups is 1. The Bertz CT molecular complexity index is 438. The molecule has 1 aliphatic rings. The van der Waals surface area contributed by atoms with E-state index in [4.69, 9.17) is 9.47 Å². The number of methoxy groups -OCH3 is 1. The lowest BCUT2D eigenvalue weighted by atomic mass is 10.1. The molecule has 1 fully saturated rings. The van der Waals surface area contributed by atoms with Crippen molar-refractivity contribution in [2.75, 3.05) is 20.3 Å². The summed E-state index contributed by atoms with van der Waals surface area (Å²) in [6, 6.07) is 6.24. The fourth-order valence-corrected chi connectivity index (χ4v) is 3.07. The molecule has 0 saturated carbocycles. The van der Waals surface area contributed by atoms with Gasteiger partial charge in [-0.3, -0.25) is 4.79 Å². The van der Waals surface area contributed by atoms with Crippen LogP contribution >= 0.6 is 11.8 Å². The van der Waals surface area contributed by atoms with E-state index in [2.05, 4.69) is 18.2 Å². The molecule has 1 aromatic rings. The van der Waals surface area contributed by atoms with Crippen LogP contribution in [0.25, 0.3) is 0 Å². The van der Waals surface area contributed by atoms with Crippen LogP contribution in [0.2, 0.25) is 0 Å². The zero-order chi connectivity index (χ0) is 12.5. The van der Waals surface area contributed by atoms with Crippen LogP contribution in [0.3, 0.4) is 0 Å². The van der Waals surface area contributed by atoms with Crippen molar-refractivity contribution in [2.45, 2.75) is 23.5 Å². The van der Waals surface area contributed by atoms with Crippen LogP contribution in [0.1, 0.15) is 11.1 Å². The van der Waals surface area contributed by atoms with Crippen LogP contribution < -0.4 is 0 Å². The number of ether oxygens (including phenoxy) is 2. The zero-order valence-electron chi connectivity index (χ0n) is 10.3. The van der Waals surface area contributed by atoms with Gasteiger partial charge in [-0.2, -0.15) is 0 Å². The lowest BCUT2D eigenvalue weighted by molar-refractivity contribution is -0.155. The molecule has 0 atom stereocenters. The van der Waals surface area contributed by atoms with Crippen molar-refractivity contribution < 1.29 is 14.3 Å². The molecule has 92 valence electrons. The van der Waals surface area contributed by atoms with Crippen LogP contribution in [0.5, 0.6) is 0 Å². The first-order valence-corrected chi connectivity index (χ1v) is 6.31. The van der Waals surface area contributed by atoms with Crippen molar-refractivity contribution in [1.29, 1.82) is 0 Å². The molecular weight excluding hydrogens is 236 g/mol. The Hall–Kier alpha value is -1.00. The van der Waals surface area contributed by atoms with Crippen molar-refractivity contribution in [3.63, 3.8) is 0 Å². The number of carbonyl (C=O) groups is 1. The van der Waals surface area contributed by atoms with Gasteiger partial charge in [0.15, 0.2) is 4.75 Å². The van der Waals surface area contributed by atoms with Gasteiger partial charge < -0.3 is 9.47 Å². The number of hydrogen-bond donors (Lipinski definition) is 0. The van der Waals surface area contributed by atoms with Gasteiger partial charge in [0.2, 0.25) is 0 Å². The minimum atomic E-state index is -0.548. The van der Waals surface area contributed by atoms with Gasteiger partial charge in [-0.05, 0) is 25.5 Å². The molecular formula is C13H16O3S. The molecule has 1 heterocycles. The Morgan fingerprint density at radius 3 is 2.65 bits per heavy atom. The Morgan fingerprint density at radius 1 is 1.41 bits per heavy atom. The molecule has 0 unspecified atom stereocenters. The highest BCUT2D eigenvalue weighted by Crippen LogP contribution is 2.41. The maximum atomic E-state index is 11.8. The molecule has 1 aromatic carbocycles. The van der Waals surface area contributed by atoms with E-state index in [0.717, 1.165) is 4.90 Å². The maximum Gasteiger partial charge on any atom is 0.327 e. The van der Waals surface area contributed by atoms with Gasteiger partial charge in [-0.15, -0.1) is 11.8 Å². The normalized spacial score (nSPS) is 17.4. The summed E-state index contributed by atoms with van der Waals surface area (Å²) in [5, 5.41) is 0. The van der Waals surface area contributed by atoms with E-state index in [-0.39, 0.29) is 5.97 Å². The lowest BCUT2D eigenvalue weighted by Gasteiger charge is -2.38. The molecule has 0 aliphatic carbocycles. The second kappa shape index (κ2) is 4.70. The summed E-state index contributed by atoms with van der Waals surface area (Å²) in [5.74, 6) is -0.199. The van der Waals surface area contributed by atoms with Crippen molar-refractivity contribution in [2.24, 2.45) is 0 Å². The highest BCUT2D eigenvalue weighted by Gasteiger charge is 2.48. The molecule has 1 aliphatic heterocycles. The van der Waals surface area contributed by atoms with Crippen molar-refractivity contribution in [3.05, 3.63) is 29.3 Å². The van der Waals surface area contributed by atoms with Crippen molar-refractivity contribution >= 4 is 17.7 Å². The molecule has 1 saturated heterocycles. The van der Waals surface area contributed by atoms with Gasteiger partial charge in [0, 0.05) is 4.90 Å². The molecule has 0 spiro atoms. The molecule has 0 radical (unpaired) electrons. The number of esters is 1. The average Bonchev–Trinajstić information content (AvgIpc) is 2.27. The monoisotopic (exact) mass is 252 g/mol. The Kier molecular flexibility index (Phi) is 3.45. The molecule has 0 aromatic heterocycles. The van der Waals surface area contributed by atoms with Gasteiger partial charge in [-0.1, -0.05) is 17.7 Å². The van der Waals surface area contributed by atoms with Crippen LogP contribution in [0, 0.1) is 13.8 Å². The smallest absolute Gasteiger partial charge is 0.327 e. The van der Waals surface area contributed by atoms with Gasteiger partial charge in [0.25, 0.3) is 0 Å². The molecule has 17 heavy (non-hydrogen) atoms. The van der Waals surface area contributed by atoms with Gasteiger partial charge >= 0.3 is 5.97 Å². The third kappa shape index (κ3) is 2.33. The van der Waals surface area contributed by atoms with Crippen LogP contribution in [0.4, 0.5) is 0 Å². The highest BCUT2D eigenvalue weighted by molar-refractivity contribution is 8.01. The fourth-order valence-electron chi connectivity index (χ4n) is 1.72. The predicted molar refractivity (Wildman–Crippen MR) is 67.3 cm³/mol. The second-order valence-corrected chi connectivity index (χ2v) is 5.78. The second-order valence-electron chi connectivity index (χ2n) is 4.35. The van der Waals surface area contributed by atoms with Crippen molar-refractivity contribution in [3.8, 4) is 0 Å². The summed E-state index contributed by atoms with van der Waals surface area (Å²) in [6.07, 6.45) is 0. The van der Waals surface area contributed by atoms with E-state index in [9.17, 15) is 4.79 Å². The first-order valence-electron chi connectivity index (χ1n) is 5.50. The third-order valence-electron chi connectivity index (χ3n) is 2.88. The summed E-state index contributed by atoms with van der Waals surface area (Å²) in [4.78, 5) is 12.9. The summed E-state index contributed by atoms with van der Waals surface area (Å²) in [7, 11) is 1.42. The third-order valence-corrected chi connectivity index (χ3v) is 4.33. The summed E-state index contributed by atoms with van der Waals surface area (Å²) < 4.78 is 9.49. The van der Waals surface area contributed by atoms with Gasteiger partial charge in [0.05, 0.1) is 20.3 Å². The highest BCUT2D eigenvalue weighted by atomic mass is 32.2. The van der Waals surface area contributed by atoms with E-state index >= 15 is 0 Å². The number of benzene rings is 1. The molecule has 0 bridgehead atoms. The topological polar surface area (TPSA) is 35.5 Å². The average molecular weight is 252 g/mol. The maximum absolute atomic E-state index is 11.8. The minimum absolute atomic E-state index is 0.199. The molecule has 4 heteroatoms. The van der Waals surface area contributed by atoms with Crippen molar-refractivity contribution in [1.82, 2.24) is 0 Å². The molecule has 2 rings (SSSR count). The summed E-state index contributed by atoms with van der Waals surface area (Å²) >= 11 is 1.55. The molecule has 0 amide bonds. The standard InChI is InChI=1S/C13H16O3S/c1-9-4-5-10(2)11(6-9)17-13(7-16-8-13)12(14)15-3/h4-6H,7-8H2,1-3H3. The quantitative estimate of drug-likeness (QED) is 0.774. The van der Waals surface area contributed by atoms with E-state index in [0.29, 0.717) is 13.2 Å². The SMILES string of the molecule is COC(=O)C1(Sc2cc(C)ccc2C)COC1. The van der Waals surface area contributed by atoms with Crippen LogP contribution in [0.15, 0.2) is 23.1 Å². The van der Waals surface area contributed by atoms with E-state index < -0.39 is 4.75 Å². The predicted octanol–water partition coefficient (Wildman–Crippen LogP) is 2.34. The Labute approximate surface area is 105 Å². The molecule has 0 N–H and O–H groups in total. The Balaban J connectivity index is 2.24. The van der Waals surface area contributed by atoms with Gasteiger partial charge in [-0.25, -0.2) is 0 Å². The first-order chi connectivity index (χ1) is 8.07. The van der Waals surface area contributed by atoms with E-state index in [1.165, 1.54) is 18.2 Å². The largest absolute Gasteiger partial charge is 0.468 e. The lowest BCUT2D eigenvalue weighted by Crippen LogP contribution is -2.53. The zero-order valence-corrected chi connectivity index (χ0v) is 11.1. The van der Waals surface area contributed by atoms with E-state index in [1.807, 2.05) is 13.8 Å². The van der Waals surface area contributed by atoms with Crippen LogP contribution in [-0.4, -0.2) is 31.0 Å². The molecule has 3 nitrogen and oxygen atoms in total. The van der Waals surface area contributed by atoms with Crippen LogP contribution in [-0.2, 0) is 14.3 Å². The Morgan fingerprint density at radius 2 is 2.12 bits per heavy atom. The number of aryl methyl sites for hydroxylation is 2. The summed E-state index contributed by atoms with van der Waals surface area (Å²) in [6.45, 7) is 4.95. The van der Waals surface area contributed by atoms with E-state index in [1.54, 1.807) is 11.8 Å². The number of hydrogen-bond acceptors (Lipinski definition) is 4.